The number of pyridine rings is 1. The van der Waals surface area contributed by atoms with Gasteiger partial charge in [0.05, 0.1) is 0 Å². The summed E-state index contributed by atoms with van der Waals surface area (Å²) in [6.45, 7) is 3.15. The predicted molar refractivity (Wildman–Crippen MR) is 93.5 cm³/mol. The molecule has 0 aliphatic rings. The SMILES string of the molecule is CCCNc1ncc(Br)cc1S(=O)(=O)NCCCCSC. The molecule has 0 unspecified atom stereocenters. The number of unbranched alkanes of at least 4 members (excludes halogenated alkanes) is 1. The molecule has 1 heterocycles. The summed E-state index contributed by atoms with van der Waals surface area (Å²) < 4.78 is 28.1. The number of rotatable bonds is 10. The lowest BCUT2D eigenvalue weighted by Gasteiger charge is -2.12. The molecule has 0 saturated carbocycles. The fourth-order valence-corrected chi connectivity index (χ4v) is 3.86. The molecule has 0 aliphatic carbocycles. The number of anilines is 1. The van der Waals surface area contributed by atoms with Crippen LogP contribution in [0.15, 0.2) is 21.6 Å². The van der Waals surface area contributed by atoms with Gasteiger partial charge in [-0.15, -0.1) is 0 Å². The Hall–Kier alpha value is -0.310. The van der Waals surface area contributed by atoms with Gasteiger partial charge in [-0.05, 0) is 53.3 Å². The molecule has 21 heavy (non-hydrogen) atoms. The minimum Gasteiger partial charge on any atom is -0.369 e. The van der Waals surface area contributed by atoms with Gasteiger partial charge in [0, 0.05) is 23.8 Å². The highest BCUT2D eigenvalue weighted by Gasteiger charge is 2.19. The van der Waals surface area contributed by atoms with Crippen molar-refractivity contribution in [3.63, 3.8) is 0 Å². The van der Waals surface area contributed by atoms with E-state index in [0.29, 0.717) is 23.4 Å². The molecule has 1 aromatic heterocycles. The maximum atomic E-state index is 12.4. The number of nitrogens with one attached hydrogen (secondary N) is 2. The molecular weight excluding hydrogens is 374 g/mol. The molecule has 0 amide bonds. The summed E-state index contributed by atoms with van der Waals surface area (Å²) in [5, 5.41) is 3.05. The number of hydrogen-bond donors (Lipinski definition) is 2. The van der Waals surface area contributed by atoms with Gasteiger partial charge in [-0.2, -0.15) is 11.8 Å². The number of nitrogens with zero attached hydrogens (tertiary/aromatic N) is 1. The number of sulfonamides is 1. The summed E-state index contributed by atoms with van der Waals surface area (Å²) in [5.74, 6) is 1.44. The van der Waals surface area contributed by atoms with Crippen molar-refractivity contribution in [2.75, 3.05) is 30.4 Å². The van der Waals surface area contributed by atoms with Crippen LogP contribution in [0.3, 0.4) is 0 Å². The second-order valence-electron chi connectivity index (χ2n) is 4.52. The van der Waals surface area contributed by atoms with Gasteiger partial charge in [-0.1, -0.05) is 6.92 Å². The Morgan fingerprint density at radius 1 is 1.33 bits per heavy atom. The molecule has 0 bridgehead atoms. The van der Waals surface area contributed by atoms with Gasteiger partial charge < -0.3 is 5.32 Å². The van der Waals surface area contributed by atoms with Crippen LogP contribution in [-0.4, -0.2) is 38.5 Å². The van der Waals surface area contributed by atoms with E-state index in [9.17, 15) is 8.42 Å². The van der Waals surface area contributed by atoms with Crippen molar-refractivity contribution in [3.05, 3.63) is 16.7 Å². The number of aromatic nitrogens is 1. The highest BCUT2D eigenvalue weighted by Crippen LogP contribution is 2.22. The normalized spacial score (nSPS) is 11.6. The van der Waals surface area contributed by atoms with Crippen molar-refractivity contribution in [1.82, 2.24) is 9.71 Å². The molecule has 0 saturated heterocycles. The van der Waals surface area contributed by atoms with E-state index in [1.54, 1.807) is 24.0 Å². The van der Waals surface area contributed by atoms with Crippen LogP contribution in [0.25, 0.3) is 0 Å². The van der Waals surface area contributed by atoms with Gasteiger partial charge in [0.1, 0.15) is 10.7 Å². The quantitative estimate of drug-likeness (QED) is 0.595. The van der Waals surface area contributed by atoms with E-state index in [0.717, 1.165) is 25.0 Å². The Morgan fingerprint density at radius 3 is 2.76 bits per heavy atom. The first-order valence-corrected chi connectivity index (χ1v) is 10.6. The molecule has 8 heteroatoms. The van der Waals surface area contributed by atoms with E-state index in [1.807, 2.05) is 13.2 Å². The van der Waals surface area contributed by atoms with E-state index in [1.165, 1.54) is 0 Å². The van der Waals surface area contributed by atoms with Crippen LogP contribution in [0.4, 0.5) is 5.82 Å². The first-order chi connectivity index (χ1) is 10.0. The van der Waals surface area contributed by atoms with Crippen LogP contribution in [-0.2, 0) is 10.0 Å². The Labute approximate surface area is 139 Å². The highest BCUT2D eigenvalue weighted by atomic mass is 79.9. The summed E-state index contributed by atoms with van der Waals surface area (Å²) in [4.78, 5) is 4.35. The second-order valence-corrected chi connectivity index (χ2v) is 8.16. The van der Waals surface area contributed by atoms with Crippen LogP contribution in [0.1, 0.15) is 26.2 Å². The molecule has 1 aromatic rings. The maximum Gasteiger partial charge on any atom is 0.244 e. The average Bonchev–Trinajstić information content (AvgIpc) is 2.45. The largest absolute Gasteiger partial charge is 0.369 e. The molecule has 0 aromatic carbocycles. The summed E-state index contributed by atoms with van der Waals surface area (Å²) in [6.07, 6.45) is 6.37. The van der Waals surface area contributed by atoms with E-state index in [2.05, 4.69) is 31.0 Å². The van der Waals surface area contributed by atoms with Crippen LogP contribution >= 0.6 is 27.7 Å². The van der Waals surface area contributed by atoms with E-state index < -0.39 is 10.0 Å². The molecular formula is C13H22BrN3O2S2. The van der Waals surface area contributed by atoms with Crippen molar-refractivity contribution in [1.29, 1.82) is 0 Å². The first-order valence-electron chi connectivity index (χ1n) is 6.89. The van der Waals surface area contributed by atoms with E-state index >= 15 is 0 Å². The van der Waals surface area contributed by atoms with Crippen LogP contribution < -0.4 is 10.0 Å². The number of hydrogen-bond acceptors (Lipinski definition) is 5. The Balaban J connectivity index is 2.78. The topological polar surface area (TPSA) is 71.1 Å². The zero-order valence-corrected chi connectivity index (χ0v) is 15.6. The van der Waals surface area contributed by atoms with Crippen LogP contribution in [0.2, 0.25) is 0 Å². The van der Waals surface area contributed by atoms with Gasteiger partial charge in [0.15, 0.2) is 0 Å². The average molecular weight is 396 g/mol. The van der Waals surface area contributed by atoms with Gasteiger partial charge in [-0.3, -0.25) is 0 Å². The lowest BCUT2D eigenvalue weighted by molar-refractivity contribution is 0.578. The predicted octanol–water partition coefficient (Wildman–Crippen LogP) is 3.09. The van der Waals surface area contributed by atoms with Crippen molar-refractivity contribution in [3.8, 4) is 0 Å². The molecule has 0 aliphatic heterocycles. The molecule has 0 atom stereocenters. The summed E-state index contributed by atoms with van der Waals surface area (Å²) in [5.41, 5.74) is 0. The van der Waals surface area contributed by atoms with Crippen molar-refractivity contribution >= 4 is 43.5 Å². The third kappa shape index (κ3) is 6.54. The first kappa shape index (κ1) is 18.7. The van der Waals surface area contributed by atoms with Gasteiger partial charge in [0.25, 0.3) is 0 Å². The Morgan fingerprint density at radius 2 is 2.10 bits per heavy atom. The van der Waals surface area contributed by atoms with Gasteiger partial charge in [0.2, 0.25) is 10.0 Å². The third-order valence-electron chi connectivity index (χ3n) is 2.72. The summed E-state index contributed by atoms with van der Waals surface area (Å²) in [6, 6.07) is 1.58. The molecule has 0 fully saturated rings. The Bertz CT molecular complexity index is 538. The molecule has 120 valence electrons. The molecule has 2 N–H and O–H groups in total. The molecule has 0 radical (unpaired) electrons. The van der Waals surface area contributed by atoms with Gasteiger partial charge in [-0.25, -0.2) is 18.1 Å². The summed E-state index contributed by atoms with van der Waals surface area (Å²) in [7, 11) is -3.54. The number of thioether (sulfide) groups is 1. The minimum absolute atomic E-state index is 0.190. The highest BCUT2D eigenvalue weighted by molar-refractivity contribution is 9.10. The molecule has 0 spiro atoms. The third-order valence-corrected chi connectivity index (χ3v) is 5.32. The van der Waals surface area contributed by atoms with Crippen LogP contribution in [0, 0.1) is 0 Å². The number of halogens is 1. The van der Waals surface area contributed by atoms with E-state index in [-0.39, 0.29) is 4.90 Å². The standard InChI is InChI=1S/C13H22BrN3O2S2/c1-3-6-15-13-12(9-11(14)10-16-13)21(18,19)17-7-4-5-8-20-2/h9-10,17H,3-8H2,1-2H3,(H,15,16). The minimum atomic E-state index is -3.54. The fraction of sp³-hybridized carbons (Fsp3) is 0.615. The maximum absolute atomic E-state index is 12.4. The zero-order valence-electron chi connectivity index (χ0n) is 12.4. The second kappa shape index (κ2) is 9.66. The Kier molecular flexibility index (Phi) is 8.62. The van der Waals surface area contributed by atoms with Gasteiger partial charge >= 0.3 is 0 Å². The van der Waals surface area contributed by atoms with E-state index in [4.69, 9.17) is 0 Å². The molecule has 5 nitrogen and oxygen atoms in total. The smallest absolute Gasteiger partial charge is 0.244 e. The van der Waals surface area contributed by atoms with Crippen molar-refractivity contribution in [2.45, 2.75) is 31.1 Å². The van der Waals surface area contributed by atoms with Crippen molar-refractivity contribution < 1.29 is 8.42 Å². The molecule has 1 rings (SSSR count). The zero-order chi connectivity index (χ0) is 15.7. The fourth-order valence-electron chi connectivity index (χ4n) is 1.66. The lowest BCUT2D eigenvalue weighted by Crippen LogP contribution is -2.26. The van der Waals surface area contributed by atoms with Crippen molar-refractivity contribution in [2.24, 2.45) is 0 Å². The lowest BCUT2D eigenvalue weighted by atomic mass is 10.3. The summed E-state index contributed by atoms with van der Waals surface area (Å²) >= 11 is 5.04. The van der Waals surface area contributed by atoms with Crippen LogP contribution in [0.5, 0.6) is 0 Å². The monoisotopic (exact) mass is 395 g/mol.